The fourth-order valence-corrected chi connectivity index (χ4v) is 2.76. The molecule has 0 atom stereocenters. The van der Waals surface area contributed by atoms with Gasteiger partial charge in [-0.25, -0.2) is 4.98 Å². The van der Waals surface area contributed by atoms with Gasteiger partial charge in [-0.1, -0.05) is 20.8 Å². The molecule has 0 fully saturated rings. The SMILES string of the molecule is CC(C)(C)c1nc2ccc(NC(=O)c3ccc(-n4cnnc4)cc3)cc2[nH]1. The van der Waals surface area contributed by atoms with Crippen molar-refractivity contribution in [2.24, 2.45) is 0 Å². The van der Waals surface area contributed by atoms with Crippen LogP contribution in [-0.2, 0) is 5.41 Å². The van der Waals surface area contributed by atoms with E-state index in [0.717, 1.165) is 28.2 Å². The van der Waals surface area contributed by atoms with Gasteiger partial charge in [0.25, 0.3) is 5.91 Å². The minimum Gasteiger partial charge on any atom is -0.341 e. The molecule has 0 unspecified atom stereocenters. The standard InChI is InChI=1S/C20H20N6O/c1-20(2,3)19-24-16-9-6-14(10-17(16)25-19)23-18(27)13-4-7-15(8-5-13)26-11-21-22-12-26/h4-12H,1-3H3,(H,23,27)(H,24,25). The van der Waals surface area contributed by atoms with E-state index in [1.807, 2.05) is 30.3 Å². The zero-order valence-electron chi connectivity index (χ0n) is 15.4. The van der Waals surface area contributed by atoms with Crippen molar-refractivity contribution in [3.8, 4) is 5.69 Å². The van der Waals surface area contributed by atoms with Crippen LogP contribution in [0.4, 0.5) is 5.69 Å². The maximum atomic E-state index is 12.5. The lowest BCUT2D eigenvalue weighted by molar-refractivity contribution is 0.102. The van der Waals surface area contributed by atoms with E-state index in [2.05, 4.69) is 46.3 Å². The van der Waals surface area contributed by atoms with Crippen molar-refractivity contribution in [1.82, 2.24) is 24.7 Å². The normalized spacial score (nSPS) is 11.7. The molecule has 0 aliphatic carbocycles. The van der Waals surface area contributed by atoms with E-state index >= 15 is 0 Å². The Kier molecular flexibility index (Phi) is 3.99. The first-order valence-electron chi connectivity index (χ1n) is 8.67. The topological polar surface area (TPSA) is 88.5 Å². The van der Waals surface area contributed by atoms with Gasteiger partial charge in [-0.2, -0.15) is 0 Å². The molecular weight excluding hydrogens is 340 g/mol. The molecule has 4 aromatic rings. The first-order valence-corrected chi connectivity index (χ1v) is 8.67. The predicted octanol–water partition coefficient (Wildman–Crippen LogP) is 3.69. The summed E-state index contributed by atoms with van der Waals surface area (Å²) in [5, 5.41) is 10.5. The summed E-state index contributed by atoms with van der Waals surface area (Å²) in [5.74, 6) is 0.755. The van der Waals surface area contributed by atoms with E-state index in [9.17, 15) is 4.79 Å². The van der Waals surface area contributed by atoms with Crippen LogP contribution >= 0.6 is 0 Å². The van der Waals surface area contributed by atoms with Gasteiger partial charge in [0.2, 0.25) is 0 Å². The highest BCUT2D eigenvalue weighted by Crippen LogP contribution is 2.24. The number of carbonyl (C=O) groups excluding carboxylic acids is 1. The second-order valence-corrected chi connectivity index (χ2v) is 7.44. The van der Waals surface area contributed by atoms with E-state index < -0.39 is 0 Å². The highest BCUT2D eigenvalue weighted by Gasteiger charge is 2.18. The summed E-state index contributed by atoms with van der Waals surface area (Å²) in [6.45, 7) is 6.32. The van der Waals surface area contributed by atoms with E-state index in [1.54, 1.807) is 29.4 Å². The number of aromatic amines is 1. The number of imidazole rings is 1. The van der Waals surface area contributed by atoms with Crippen LogP contribution in [0.3, 0.4) is 0 Å². The molecule has 4 rings (SSSR count). The summed E-state index contributed by atoms with van der Waals surface area (Å²) in [6.07, 6.45) is 3.22. The van der Waals surface area contributed by atoms with Gasteiger partial charge in [-0.3, -0.25) is 9.36 Å². The Labute approximate surface area is 156 Å². The smallest absolute Gasteiger partial charge is 0.255 e. The third-order valence-electron chi connectivity index (χ3n) is 4.30. The maximum absolute atomic E-state index is 12.5. The largest absolute Gasteiger partial charge is 0.341 e. The molecular formula is C20H20N6O. The van der Waals surface area contributed by atoms with E-state index in [-0.39, 0.29) is 11.3 Å². The van der Waals surface area contributed by atoms with Gasteiger partial charge in [-0.05, 0) is 42.5 Å². The number of H-pyrrole nitrogens is 1. The van der Waals surface area contributed by atoms with Crippen LogP contribution in [0.5, 0.6) is 0 Å². The molecule has 27 heavy (non-hydrogen) atoms. The molecule has 2 N–H and O–H groups in total. The molecule has 2 aromatic carbocycles. The molecule has 1 amide bonds. The molecule has 136 valence electrons. The first kappa shape index (κ1) is 17.0. The van der Waals surface area contributed by atoms with E-state index in [4.69, 9.17) is 0 Å². The highest BCUT2D eigenvalue weighted by atomic mass is 16.1. The Morgan fingerprint density at radius 1 is 1.04 bits per heavy atom. The molecule has 0 saturated heterocycles. The second-order valence-electron chi connectivity index (χ2n) is 7.44. The van der Waals surface area contributed by atoms with E-state index in [0.29, 0.717) is 5.56 Å². The number of rotatable bonds is 3. The monoisotopic (exact) mass is 360 g/mol. The van der Waals surface area contributed by atoms with Crippen molar-refractivity contribution in [1.29, 1.82) is 0 Å². The molecule has 2 aromatic heterocycles. The average molecular weight is 360 g/mol. The van der Waals surface area contributed by atoms with Crippen molar-refractivity contribution in [3.63, 3.8) is 0 Å². The van der Waals surface area contributed by atoms with Crippen LogP contribution in [0.25, 0.3) is 16.7 Å². The summed E-state index contributed by atoms with van der Waals surface area (Å²) in [7, 11) is 0. The van der Waals surface area contributed by atoms with Crippen LogP contribution in [0.2, 0.25) is 0 Å². The molecule has 2 heterocycles. The fraction of sp³-hybridized carbons (Fsp3) is 0.200. The number of fused-ring (bicyclic) bond motifs is 1. The molecule has 0 radical (unpaired) electrons. The fourth-order valence-electron chi connectivity index (χ4n) is 2.76. The summed E-state index contributed by atoms with van der Waals surface area (Å²) in [6, 6.07) is 12.9. The molecule has 7 heteroatoms. The molecule has 0 aliphatic heterocycles. The van der Waals surface area contributed by atoms with Crippen molar-refractivity contribution in [3.05, 3.63) is 66.5 Å². The molecule has 0 bridgehead atoms. The van der Waals surface area contributed by atoms with Crippen LogP contribution in [0.1, 0.15) is 37.0 Å². The van der Waals surface area contributed by atoms with Gasteiger partial charge in [0.1, 0.15) is 18.5 Å². The lowest BCUT2D eigenvalue weighted by atomic mass is 9.96. The molecule has 0 spiro atoms. The van der Waals surface area contributed by atoms with Crippen LogP contribution in [-0.4, -0.2) is 30.6 Å². The number of amides is 1. The van der Waals surface area contributed by atoms with Crippen molar-refractivity contribution >= 4 is 22.6 Å². The quantitative estimate of drug-likeness (QED) is 0.583. The molecule has 7 nitrogen and oxygen atoms in total. The van der Waals surface area contributed by atoms with Gasteiger partial charge in [0.15, 0.2) is 0 Å². The maximum Gasteiger partial charge on any atom is 0.255 e. The Hall–Kier alpha value is -3.48. The number of hydrogen-bond acceptors (Lipinski definition) is 4. The van der Waals surface area contributed by atoms with Gasteiger partial charge in [0.05, 0.1) is 11.0 Å². The third-order valence-corrected chi connectivity index (χ3v) is 4.30. The average Bonchev–Trinajstić information content (AvgIpc) is 3.31. The lowest BCUT2D eigenvalue weighted by Crippen LogP contribution is -2.13. The summed E-state index contributed by atoms with van der Waals surface area (Å²) >= 11 is 0. The van der Waals surface area contributed by atoms with E-state index in [1.165, 1.54) is 0 Å². The van der Waals surface area contributed by atoms with Crippen LogP contribution in [0.15, 0.2) is 55.1 Å². The van der Waals surface area contributed by atoms with Crippen molar-refractivity contribution < 1.29 is 4.79 Å². The third kappa shape index (κ3) is 3.44. The number of aromatic nitrogens is 5. The zero-order chi connectivity index (χ0) is 19.0. The minimum atomic E-state index is -0.166. The number of nitrogens with zero attached hydrogens (tertiary/aromatic N) is 4. The predicted molar refractivity (Wildman–Crippen MR) is 104 cm³/mol. The van der Waals surface area contributed by atoms with Crippen molar-refractivity contribution in [2.75, 3.05) is 5.32 Å². The molecule has 0 saturated carbocycles. The van der Waals surface area contributed by atoms with Gasteiger partial charge < -0.3 is 10.3 Å². The summed E-state index contributed by atoms with van der Waals surface area (Å²) in [5.41, 5.74) is 3.92. The number of carbonyl (C=O) groups is 1. The first-order chi connectivity index (χ1) is 12.9. The van der Waals surface area contributed by atoms with Crippen LogP contribution < -0.4 is 5.32 Å². The Morgan fingerprint density at radius 2 is 1.74 bits per heavy atom. The summed E-state index contributed by atoms with van der Waals surface area (Å²) in [4.78, 5) is 20.5. The molecule has 0 aliphatic rings. The number of anilines is 1. The van der Waals surface area contributed by atoms with Gasteiger partial charge >= 0.3 is 0 Å². The number of benzene rings is 2. The second kappa shape index (κ2) is 6.35. The van der Waals surface area contributed by atoms with Crippen LogP contribution in [0, 0.1) is 0 Å². The minimum absolute atomic E-state index is 0.0606. The zero-order valence-corrected chi connectivity index (χ0v) is 15.4. The van der Waals surface area contributed by atoms with Gasteiger partial charge in [0, 0.05) is 22.4 Å². The Balaban J connectivity index is 1.53. The number of nitrogens with one attached hydrogen (secondary N) is 2. The Bertz CT molecular complexity index is 1090. The highest BCUT2D eigenvalue weighted by molar-refractivity contribution is 6.05. The lowest BCUT2D eigenvalue weighted by Gasteiger charge is -2.13. The van der Waals surface area contributed by atoms with Crippen molar-refractivity contribution in [2.45, 2.75) is 26.2 Å². The Morgan fingerprint density at radius 3 is 2.41 bits per heavy atom. The van der Waals surface area contributed by atoms with Gasteiger partial charge in [-0.15, -0.1) is 10.2 Å². The summed E-state index contributed by atoms with van der Waals surface area (Å²) < 4.78 is 1.78. The number of hydrogen-bond donors (Lipinski definition) is 2.